The van der Waals surface area contributed by atoms with E-state index in [2.05, 4.69) is 21.2 Å². The number of benzene rings is 2. The molecule has 1 unspecified atom stereocenters. The van der Waals surface area contributed by atoms with Gasteiger partial charge in [0.1, 0.15) is 11.9 Å². The molecule has 0 aliphatic heterocycles. The fourth-order valence-electron chi connectivity index (χ4n) is 1.90. The molecule has 0 aliphatic rings. The zero-order valence-electron chi connectivity index (χ0n) is 10.9. The Hall–Kier alpha value is -1.88. The molecule has 0 aliphatic carbocycles. The molecule has 0 fully saturated rings. The first-order chi connectivity index (χ1) is 9.49. The first-order valence-corrected chi connectivity index (χ1v) is 6.85. The number of carbonyl (C=O) groups excluding carboxylic acids is 1. The van der Waals surface area contributed by atoms with Crippen molar-refractivity contribution in [2.24, 2.45) is 5.73 Å². The number of nitrogens with two attached hydrogens (primary N) is 1. The molecular formula is C15H14BrFN2O. The van der Waals surface area contributed by atoms with Crippen molar-refractivity contribution in [3.8, 4) is 0 Å². The van der Waals surface area contributed by atoms with E-state index < -0.39 is 17.8 Å². The molecule has 20 heavy (non-hydrogen) atoms. The second kappa shape index (κ2) is 6.05. The van der Waals surface area contributed by atoms with Crippen molar-refractivity contribution in [3.05, 3.63) is 63.9 Å². The van der Waals surface area contributed by atoms with Gasteiger partial charge in [-0.15, -0.1) is 0 Å². The first kappa shape index (κ1) is 14.5. The number of primary amides is 1. The third kappa shape index (κ3) is 3.17. The maximum atomic E-state index is 13.7. The summed E-state index contributed by atoms with van der Waals surface area (Å²) >= 11 is 3.40. The van der Waals surface area contributed by atoms with Gasteiger partial charge < -0.3 is 11.1 Å². The Morgan fingerprint density at radius 3 is 2.60 bits per heavy atom. The van der Waals surface area contributed by atoms with Crippen molar-refractivity contribution in [2.75, 3.05) is 5.32 Å². The predicted octanol–water partition coefficient (Wildman–Crippen LogP) is 3.54. The molecular weight excluding hydrogens is 323 g/mol. The number of halogens is 2. The minimum atomic E-state index is -0.779. The van der Waals surface area contributed by atoms with Crippen molar-refractivity contribution in [3.63, 3.8) is 0 Å². The zero-order chi connectivity index (χ0) is 14.7. The summed E-state index contributed by atoms with van der Waals surface area (Å²) in [6.07, 6.45) is 0. The minimum Gasteiger partial charge on any atom is -0.368 e. The monoisotopic (exact) mass is 336 g/mol. The molecule has 2 aromatic rings. The SMILES string of the molecule is Cc1cc(C(Nc2ccccc2F)C(N)=O)ccc1Br. The van der Waals surface area contributed by atoms with Gasteiger partial charge in [-0.2, -0.15) is 0 Å². The molecule has 0 radical (unpaired) electrons. The lowest BCUT2D eigenvalue weighted by atomic mass is 10.0. The van der Waals surface area contributed by atoms with Gasteiger partial charge in [-0.1, -0.05) is 40.2 Å². The minimum absolute atomic E-state index is 0.247. The van der Waals surface area contributed by atoms with Gasteiger partial charge in [0, 0.05) is 4.47 Å². The highest BCUT2D eigenvalue weighted by atomic mass is 79.9. The van der Waals surface area contributed by atoms with Crippen LogP contribution in [0.4, 0.5) is 10.1 Å². The molecule has 3 nitrogen and oxygen atoms in total. The maximum Gasteiger partial charge on any atom is 0.244 e. The van der Waals surface area contributed by atoms with Crippen LogP contribution in [0, 0.1) is 12.7 Å². The van der Waals surface area contributed by atoms with Crippen molar-refractivity contribution in [1.29, 1.82) is 0 Å². The molecule has 0 aromatic heterocycles. The van der Waals surface area contributed by atoms with Crippen LogP contribution in [0.25, 0.3) is 0 Å². The molecule has 0 saturated heterocycles. The molecule has 0 saturated carbocycles. The average molecular weight is 337 g/mol. The van der Waals surface area contributed by atoms with E-state index in [1.807, 2.05) is 19.1 Å². The van der Waals surface area contributed by atoms with Crippen LogP contribution >= 0.6 is 15.9 Å². The molecule has 2 aromatic carbocycles. The van der Waals surface area contributed by atoms with Crippen LogP contribution in [-0.2, 0) is 4.79 Å². The number of para-hydroxylation sites is 1. The van der Waals surface area contributed by atoms with E-state index in [4.69, 9.17) is 5.73 Å². The number of rotatable bonds is 4. The Morgan fingerprint density at radius 1 is 1.30 bits per heavy atom. The highest BCUT2D eigenvalue weighted by Crippen LogP contribution is 2.25. The van der Waals surface area contributed by atoms with Crippen molar-refractivity contribution < 1.29 is 9.18 Å². The van der Waals surface area contributed by atoms with Gasteiger partial charge >= 0.3 is 0 Å². The highest BCUT2D eigenvalue weighted by Gasteiger charge is 2.19. The van der Waals surface area contributed by atoms with Crippen LogP contribution in [-0.4, -0.2) is 5.91 Å². The number of hydrogen-bond acceptors (Lipinski definition) is 2. The lowest BCUT2D eigenvalue weighted by Gasteiger charge is -2.18. The molecule has 104 valence electrons. The number of nitrogens with one attached hydrogen (secondary N) is 1. The smallest absolute Gasteiger partial charge is 0.244 e. The predicted molar refractivity (Wildman–Crippen MR) is 80.8 cm³/mol. The van der Waals surface area contributed by atoms with Crippen LogP contribution < -0.4 is 11.1 Å². The Labute approximate surface area is 125 Å². The summed E-state index contributed by atoms with van der Waals surface area (Å²) in [6.45, 7) is 1.91. The summed E-state index contributed by atoms with van der Waals surface area (Å²) in [6, 6.07) is 10.8. The second-order valence-electron chi connectivity index (χ2n) is 4.47. The van der Waals surface area contributed by atoms with Crippen LogP contribution in [0.5, 0.6) is 0 Å². The Bertz CT molecular complexity index is 646. The quantitative estimate of drug-likeness (QED) is 0.897. The van der Waals surface area contributed by atoms with E-state index in [1.54, 1.807) is 24.3 Å². The van der Waals surface area contributed by atoms with Gasteiger partial charge in [-0.3, -0.25) is 4.79 Å². The number of hydrogen-bond donors (Lipinski definition) is 2. The molecule has 0 spiro atoms. The van der Waals surface area contributed by atoms with Gasteiger partial charge in [-0.05, 0) is 36.2 Å². The normalized spacial score (nSPS) is 11.9. The fraction of sp³-hybridized carbons (Fsp3) is 0.133. The van der Waals surface area contributed by atoms with Crippen LogP contribution in [0.3, 0.4) is 0 Å². The molecule has 0 heterocycles. The number of aryl methyl sites for hydroxylation is 1. The molecule has 2 rings (SSSR count). The van der Waals surface area contributed by atoms with Gasteiger partial charge in [-0.25, -0.2) is 4.39 Å². The summed E-state index contributed by atoms with van der Waals surface area (Å²) in [7, 11) is 0. The summed E-state index contributed by atoms with van der Waals surface area (Å²) in [4.78, 5) is 11.6. The van der Waals surface area contributed by atoms with Crippen LogP contribution in [0.15, 0.2) is 46.9 Å². The molecule has 0 bridgehead atoms. The summed E-state index contributed by atoms with van der Waals surface area (Å²) in [5.74, 6) is -0.984. The third-order valence-corrected chi connectivity index (χ3v) is 3.86. The van der Waals surface area contributed by atoms with E-state index in [0.717, 1.165) is 10.0 Å². The lowest BCUT2D eigenvalue weighted by Crippen LogP contribution is -2.28. The lowest BCUT2D eigenvalue weighted by molar-refractivity contribution is -0.118. The maximum absolute atomic E-state index is 13.7. The van der Waals surface area contributed by atoms with E-state index in [-0.39, 0.29) is 5.69 Å². The number of carbonyl (C=O) groups is 1. The summed E-state index contributed by atoms with van der Waals surface area (Å²) in [5, 5.41) is 2.84. The summed E-state index contributed by atoms with van der Waals surface area (Å²) < 4.78 is 14.6. The van der Waals surface area contributed by atoms with Crippen molar-refractivity contribution in [1.82, 2.24) is 0 Å². The molecule has 1 atom stereocenters. The Balaban J connectivity index is 2.34. The second-order valence-corrected chi connectivity index (χ2v) is 5.32. The third-order valence-electron chi connectivity index (χ3n) is 2.97. The van der Waals surface area contributed by atoms with E-state index in [0.29, 0.717) is 5.56 Å². The largest absolute Gasteiger partial charge is 0.368 e. The summed E-state index contributed by atoms with van der Waals surface area (Å²) in [5.41, 5.74) is 7.34. The standard InChI is InChI=1S/C15H14BrFN2O/c1-9-8-10(6-7-11(9)16)14(15(18)20)19-13-5-3-2-4-12(13)17/h2-8,14,19H,1H3,(H2,18,20). The Morgan fingerprint density at radius 2 is 2.00 bits per heavy atom. The topological polar surface area (TPSA) is 55.1 Å². The van der Waals surface area contributed by atoms with Gasteiger partial charge in [0.25, 0.3) is 0 Å². The van der Waals surface area contributed by atoms with Crippen molar-refractivity contribution in [2.45, 2.75) is 13.0 Å². The number of amides is 1. The van der Waals surface area contributed by atoms with E-state index in [9.17, 15) is 9.18 Å². The Kier molecular flexibility index (Phi) is 4.39. The fourth-order valence-corrected chi connectivity index (χ4v) is 2.15. The van der Waals surface area contributed by atoms with E-state index in [1.165, 1.54) is 6.07 Å². The van der Waals surface area contributed by atoms with Crippen LogP contribution in [0.2, 0.25) is 0 Å². The average Bonchev–Trinajstić information content (AvgIpc) is 2.41. The first-order valence-electron chi connectivity index (χ1n) is 6.05. The van der Waals surface area contributed by atoms with Crippen LogP contribution in [0.1, 0.15) is 17.2 Å². The number of anilines is 1. The van der Waals surface area contributed by atoms with Crippen molar-refractivity contribution >= 4 is 27.5 Å². The van der Waals surface area contributed by atoms with Gasteiger partial charge in [0.15, 0.2) is 0 Å². The molecule has 3 N–H and O–H groups in total. The van der Waals surface area contributed by atoms with Gasteiger partial charge in [0.2, 0.25) is 5.91 Å². The van der Waals surface area contributed by atoms with E-state index >= 15 is 0 Å². The van der Waals surface area contributed by atoms with Gasteiger partial charge in [0.05, 0.1) is 5.69 Å². The molecule has 1 amide bonds. The zero-order valence-corrected chi connectivity index (χ0v) is 12.4. The molecule has 5 heteroatoms. The highest BCUT2D eigenvalue weighted by molar-refractivity contribution is 9.10.